The van der Waals surface area contributed by atoms with Gasteiger partial charge in [0, 0.05) is 19.0 Å². The highest BCUT2D eigenvalue weighted by Gasteiger charge is 2.44. The minimum atomic E-state index is -1.02. The van der Waals surface area contributed by atoms with Gasteiger partial charge in [-0.1, -0.05) is 48.5 Å². The largest absolute Gasteiger partial charge is 0.479 e. The van der Waals surface area contributed by atoms with Gasteiger partial charge in [-0.2, -0.15) is 0 Å². The first-order chi connectivity index (χ1) is 15.1. The van der Waals surface area contributed by atoms with Gasteiger partial charge in [0.15, 0.2) is 6.10 Å². The summed E-state index contributed by atoms with van der Waals surface area (Å²) in [5.41, 5.74) is 4.12. The van der Waals surface area contributed by atoms with Crippen molar-refractivity contribution >= 4 is 12.1 Å². The number of hydrogen-bond donors (Lipinski definition) is 1. The molecule has 0 aromatic heterocycles. The summed E-state index contributed by atoms with van der Waals surface area (Å²) >= 11 is 0. The van der Waals surface area contributed by atoms with Crippen molar-refractivity contribution in [3.8, 4) is 11.1 Å². The lowest BCUT2D eigenvalue weighted by molar-refractivity contribution is -0.221. The molecule has 162 valence electrons. The second kappa shape index (κ2) is 7.98. The first-order valence-corrected chi connectivity index (χ1v) is 10.6. The molecule has 1 spiro atoms. The number of carboxylic acid groups (broad SMARTS) is 1. The van der Waals surface area contributed by atoms with Gasteiger partial charge >= 0.3 is 12.1 Å². The third kappa shape index (κ3) is 3.68. The molecule has 0 radical (unpaired) electrons. The lowest BCUT2D eigenvalue weighted by Crippen LogP contribution is -2.56. The maximum Gasteiger partial charge on any atom is 0.409 e. The van der Waals surface area contributed by atoms with E-state index in [1.807, 2.05) is 24.3 Å². The number of rotatable bonds is 3. The number of carbonyl (C=O) groups is 2. The summed E-state index contributed by atoms with van der Waals surface area (Å²) in [6.07, 6.45) is -0.236. The number of carbonyl (C=O) groups excluding carboxylic acids is 1. The Balaban J connectivity index is 1.21. The molecule has 2 fully saturated rings. The van der Waals surface area contributed by atoms with Crippen LogP contribution >= 0.6 is 0 Å². The molecule has 2 aromatic carbocycles. The normalized spacial score (nSPS) is 22.1. The molecule has 2 aliphatic heterocycles. The molecule has 2 saturated heterocycles. The molecule has 3 aliphatic rings. The number of nitrogens with zero attached hydrogens (tertiary/aromatic N) is 1. The number of benzene rings is 2. The lowest BCUT2D eigenvalue weighted by Gasteiger charge is -2.44. The summed E-state index contributed by atoms with van der Waals surface area (Å²) in [4.78, 5) is 25.7. The van der Waals surface area contributed by atoms with E-state index in [0.29, 0.717) is 32.5 Å². The number of amides is 1. The van der Waals surface area contributed by atoms with Crippen LogP contribution in [-0.2, 0) is 19.0 Å². The third-order valence-corrected chi connectivity index (χ3v) is 6.57. The van der Waals surface area contributed by atoms with Crippen LogP contribution in [-0.4, -0.2) is 66.7 Å². The fourth-order valence-electron chi connectivity index (χ4n) is 4.89. The molecule has 7 heteroatoms. The maximum absolute atomic E-state index is 12.8. The number of aliphatic carboxylic acids is 1. The molecule has 1 unspecified atom stereocenters. The van der Waals surface area contributed by atoms with Gasteiger partial charge in [-0.3, -0.25) is 0 Å². The predicted molar refractivity (Wildman–Crippen MR) is 112 cm³/mol. The number of piperidine rings is 1. The first kappa shape index (κ1) is 20.0. The van der Waals surface area contributed by atoms with E-state index in [4.69, 9.17) is 14.2 Å². The Morgan fingerprint density at radius 3 is 2.26 bits per heavy atom. The van der Waals surface area contributed by atoms with E-state index < -0.39 is 17.7 Å². The number of likely N-dealkylation sites (tertiary alicyclic amines) is 1. The van der Waals surface area contributed by atoms with Crippen LogP contribution in [0.3, 0.4) is 0 Å². The van der Waals surface area contributed by atoms with E-state index in [2.05, 4.69) is 24.3 Å². The van der Waals surface area contributed by atoms with Gasteiger partial charge in [-0.05, 0) is 35.1 Å². The Hall–Kier alpha value is -2.90. The SMILES string of the molecule is O=C(O)C1COCC2(CCN(C(=O)OCC3c4ccccc4-c4ccccc43)CC2)O1. The molecule has 1 amide bonds. The Labute approximate surface area is 180 Å². The summed E-state index contributed by atoms with van der Waals surface area (Å²) in [7, 11) is 0. The van der Waals surface area contributed by atoms with E-state index in [-0.39, 0.29) is 25.2 Å². The minimum absolute atomic E-state index is 0.0267. The van der Waals surface area contributed by atoms with Crippen molar-refractivity contribution in [2.75, 3.05) is 32.9 Å². The highest BCUT2D eigenvalue weighted by atomic mass is 16.6. The zero-order valence-corrected chi connectivity index (χ0v) is 17.2. The van der Waals surface area contributed by atoms with Crippen LogP contribution in [0.1, 0.15) is 29.9 Å². The standard InChI is InChI=1S/C24H25NO6/c26-22(27)21-14-29-15-24(31-21)9-11-25(12-10-24)23(28)30-13-20-18-7-3-1-5-16(18)17-6-2-4-8-19(17)20/h1-8,20-21H,9-15H2,(H,26,27). The third-order valence-electron chi connectivity index (χ3n) is 6.57. The zero-order valence-electron chi connectivity index (χ0n) is 17.2. The Morgan fingerprint density at radius 2 is 1.65 bits per heavy atom. The fraction of sp³-hybridized carbons (Fsp3) is 0.417. The number of hydrogen-bond acceptors (Lipinski definition) is 5. The molecular weight excluding hydrogens is 398 g/mol. The second-order valence-electron chi connectivity index (χ2n) is 8.43. The molecule has 1 aliphatic carbocycles. The van der Waals surface area contributed by atoms with Gasteiger partial charge < -0.3 is 24.2 Å². The molecule has 2 heterocycles. The van der Waals surface area contributed by atoms with Crippen molar-refractivity contribution in [3.63, 3.8) is 0 Å². The fourth-order valence-corrected chi connectivity index (χ4v) is 4.89. The maximum atomic E-state index is 12.8. The van der Waals surface area contributed by atoms with Crippen LogP contribution in [0, 0.1) is 0 Å². The van der Waals surface area contributed by atoms with Crippen molar-refractivity contribution in [1.82, 2.24) is 4.90 Å². The van der Waals surface area contributed by atoms with E-state index in [9.17, 15) is 14.7 Å². The summed E-state index contributed by atoms with van der Waals surface area (Å²) in [6, 6.07) is 16.5. The molecule has 2 aromatic rings. The number of ether oxygens (including phenoxy) is 3. The Kier molecular flexibility index (Phi) is 5.16. The van der Waals surface area contributed by atoms with Crippen molar-refractivity contribution in [3.05, 3.63) is 59.7 Å². The van der Waals surface area contributed by atoms with Crippen LogP contribution in [0.2, 0.25) is 0 Å². The quantitative estimate of drug-likeness (QED) is 0.816. The van der Waals surface area contributed by atoms with Crippen LogP contribution in [0.5, 0.6) is 0 Å². The van der Waals surface area contributed by atoms with E-state index in [1.165, 1.54) is 22.3 Å². The monoisotopic (exact) mass is 423 g/mol. The van der Waals surface area contributed by atoms with Gasteiger partial charge in [-0.25, -0.2) is 9.59 Å². The predicted octanol–water partition coefficient (Wildman–Crippen LogP) is 3.27. The number of carboxylic acids is 1. The van der Waals surface area contributed by atoms with Gasteiger partial charge in [0.1, 0.15) is 6.61 Å². The van der Waals surface area contributed by atoms with Gasteiger partial charge in [-0.15, -0.1) is 0 Å². The molecular formula is C24H25NO6. The zero-order chi connectivity index (χ0) is 21.4. The first-order valence-electron chi connectivity index (χ1n) is 10.6. The average molecular weight is 423 g/mol. The van der Waals surface area contributed by atoms with E-state index in [1.54, 1.807) is 4.90 Å². The topological polar surface area (TPSA) is 85.3 Å². The molecule has 1 atom stereocenters. The van der Waals surface area contributed by atoms with Crippen molar-refractivity contribution in [2.24, 2.45) is 0 Å². The van der Waals surface area contributed by atoms with Gasteiger partial charge in [0.2, 0.25) is 0 Å². The molecule has 0 saturated carbocycles. The smallest absolute Gasteiger partial charge is 0.409 e. The van der Waals surface area contributed by atoms with Crippen LogP contribution in [0.15, 0.2) is 48.5 Å². The van der Waals surface area contributed by atoms with Gasteiger partial charge in [0.05, 0.1) is 18.8 Å². The summed E-state index contributed by atoms with van der Waals surface area (Å²) < 4.78 is 17.0. The molecule has 31 heavy (non-hydrogen) atoms. The summed E-state index contributed by atoms with van der Waals surface area (Å²) in [6.45, 7) is 1.61. The summed E-state index contributed by atoms with van der Waals surface area (Å²) in [5, 5.41) is 9.22. The molecule has 7 nitrogen and oxygen atoms in total. The highest BCUT2D eigenvalue weighted by Crippen LogP contribution is 2.44. The lowest BCUT2D eigenvalue weighted by atomic mass is 9.91. The Morgan fingerprint density at radius 1 is 1.03 bits per heavy atom. The summed E-state index contributed by atoms with van der Waals surface area (Å²) in [5.74, 6) is -0.989. The van der Waals surface area contributed by atoms with Crippen molar-refractivity contribution < 1.29 is 28.9 Å². The van der Waals surface area contributed by atoms with Crippen molar-refractivity contribution in [2.45, 2.75) is 30.5 Å². The molecule has 1 N–H and O–H groups in total. The molecule has 5 rings (SSSR count). The highest BCUT2D eigenvalue weighted by molar-refractivity contribution is 5.79. The number of fused-ring (bicyclic) bond motifs is 3. The van der Waals surface area contributed by atoms with E-state index >= 15 is 0 Å². The Bertz CT molecular complexity index is 952. The average Bonchev–Trinajstić information content (AvgIpc) is 3.12. The van der Waals surface area contributed by atoms with Crippen molar-refractivity contribution in [1.29, 1.82) is 0 Å². The van der Waals surface area contributed by atoms with Gasteiger partial charge in [0.25, 0.3) is 0 Å². The van der Waals surface area contributed by atoms with Crippen LogP contribution < -0.4 is 0 Å². The minimum Gasteiger partial charge on any atom is -0.479 e. The van der Waals surface area contributed by atoms with Crippen LogP contribution in [0.25, 0.3) is 11.1 Å². The van der Waals surface area contributed by atoms with Crippen LogP contribution in [0.4, 0.5) is 4.79 Å². The second-order valence-corrected chi connectivity index (χ2v) is 8.43. The van der Waals surface area contributed by atoms with E-state index in [0.717, 1.165) is 0 Å². The molecule has 0 bridgehead atoms.